The van der Waals surface area contributed by atoms with Gasteiger partial charge in [0.15, 0.2) is 5.54 Å². The van der Waals surface area contributed by atoms with Gasteiger partial charge in [0.1, 0.15) is 0 Å². The standard InChI is InChI=1S/C18H21N3O3/c1-5-8-18(19,10-11(2)3)17(23)20-13-6-7-14-15(9-13)12(4)21-24-16(14)22/h6-7,9,11H,10,19H2,1-4H3,(H,20,23). The fourth-order valence-corrected chi connectivity index (χ4v) is 2.62. The summed E-state index contributed by atoms with van der Waals surface area (Å²) in [5.41, 5.74) is 5.52. The Morgan fingerprint density at radius 3 is 2.75 bits per heavy atom. The summed E-state index contributed by atoms with van der Waals surface area (Å²) in [6.45, 7) is 7.35. The van der Waals surface area contributed by atoms with Crippen LogP contribution in [0.15, 0.2) is 27.5 Å². The minimum Gasteiger partial charge on any atom is -0.324 e. The molecule has 1 heterocycles. The third kappa shape index (κ3) is 3.63. The molecule has 0 bridgehead atoms. The van der Waals surface area contributed by atoms with Crippen LogP contribution < -0.4 is 16.7 Å². The summed E-state index contributed by atoms with van der Waals surface area (Å²) < 4.78 is 4.69. The fraction of sp³-hybridized carbons (Fsp3) is 0.389. The molecule has 1 aromatic carbocycles. The van der Waals surface area contributed by atoms with Gasteiger partial charge < -0.3 is 15.6 Å². The number of aromatic nitrogens is 1. The van der Waals surface area contributed by atoms with E-state index in [0.29, 0.717) is 28.6 Å². The van der Waals surface area contributed by atoms with E-state index in [1.165, 1.54) is 0 Å². The van der Waals surface area contributed by atoms with Gasteiger partial charge in [-0.15, -0.1) is 5.92 Å². The molecule has 0 aliphatic heterocycles. The molecule has 0 aliphatic carbocycles. The number of rotatable bonds is 4. The normalized spacial score (nSPS) is 13.2. The zero-order valence-electron chi connectivity index (χ0n) is 14.3. The Morgan fingerprint density at radius 2 is 2.12 bits per heavy atom. The number of benzene rings is 1. The Bertz CT molecular complexity index is 890. The number of amides is 1. The molecule has 0 fully saturated rings. The van der Waals surface area contributed by atoms with Gasteiger partial charge in [-0.25, -0.2) is 4.79 Å². The molecule has 126 valence electrons. The highest BCUT2D eigenvalue weighted by atomic mass is 16.5. The second-order valence-electron chi connectivity index (χ2n) is 6.21. The average molecular weight is 327 g/mol. The molecule has 24 heavy (non-hydrogen) atoms. The quantitative estimate of drug-likeness (QED) is 0.839. The second kappa shape index (κ2) is 6.85. The van der Waals surface area contributed by atoms with Gasteiger partial charge in [0, 0.05) is 11.1 Å². The van der Waals surface area contributed by atoms with Gasteiger partial charge >= 0.3 is 5.63 Å². The maximum atomic E-state index is 12.6. The van der Waals surface area contributed by atoms with Crippen molar-refractivity contribution in [3.05, 3.63) is 34.3 Å². The van der Waals surface area contributed by atoms with E-state index in [1.54, 1.807) is 32.0 Å². The highest BCUT2D eigenvalue weighted by molar-refractivity contribution is 6.02. The summed E-state index contributed by atoms with van der Waals surface area (Å²) in [4.78, 5) is 24.3. The molecule has 0 saturated carbocycles. The van der Waals surface area contributed by atoms with Crippen LogP contribution in [-0.4, -0.2) is 16.6 Å². The van der Waals surface area contributed by atoms with Gasteiger partial charge in [0.25, 0.3) is 5.91 Å². The molecule has 2 aromatic rings. The predicted octanol–water partition coefficient (Wildman–Crippen LogP) is 2.20. The summed E-state index contributed by atoms with van der Waals surface area (Å²) in [5, 5.41) is 7.52. The molecule has 1 atom stereocenters. The molecular formula is C18H21N3O3. The fourth-order valence-electron chi connectivity index (χ4n) is 2.62. The summed E-state index contributed by atoms with van der Waals surface area (Å²) in [7, 11) is 0. The first-order chi connectivity index (χ1) is 11.3. The third-order valence-corrected chi connectivity index (χ3v) is 3.64. The number of nitrogens with zero attached hydrogens (tertiary/aromatic N) is 1. The van der Waals surface area contributed by atoms with Gasteiger partial charge in [-0.05, 0) is 44.4 Å². The zero-order chi connectivity index (χ0) is 17.9. The van der Waals surface area contributed by atoms with Crippen molar-refractivity contribution in [1.29, 1.82) is 0 Å². The predicted molar refractivity (Wildman–Crippen MR) is 93.5 cm³/mol. The van der Waals surface area contributed by atoms with Crippen molar-refractivity contribution in [2.24, 2.45) is 11.7 Å². The molecule has 0 radical (unpaired) electrons. The lowest BCUT2D eigenvalue weighted by Crippen LogP contribution is -2.51. The number of carbonyl (C=O) groups is 1. The first-order valence-electron chi connectivity index (χ1n) is 7.71. The number of carbonyl (C=O) groups excluding carboxylic acids is 1. The molecule has 6 heteroatoms. The van der Waals surface area contributed by atoms with Crippen LogP contribution in [0.3, 0.4) is 0 Å². The minimum atomic E-state index is -1.26. The molecule has 1 amide bonds. The largest absolute Gasteiger partial charge is 0.366 e. The van der Waals surface area contributed by atoms with Crippen LogP contribution in [0.2, 0.25) is 0 Å². The lowest BCUT2D eigenvalue weighted by Gasteiger charge is -2.24. The van der Waals surface area contributed by atoms with Crippen molar-refractivity contribution in [1.82, 2.24) is 5.16 Å². The van der Waals surface area contributed by atoms with Crippen LogP contribution >= 0.6 is 0 Å². The summed E-state index contributed by atoms with van der Waals surface area (Å²) in [6.07, 6.45) is 0.442. The van der Waals surface area contributed by atoms with Crippen LogP contribution in [0, 0.1) is 24.7 Å². The monoisotopic (exact) mass is 327 g/mol. The van der Waals surface area contributed by atoms with E-state index in [4.69, 9.17) is 10.3 Å². The maximum absolute atomic E-state index is 12.6. The van der Waals surface area contributed by atoms with E-state index in [-0.39, 0.29) is 11.8 Å². The summed E-state index contributed by atoms with van der Waals surface area (Å²) in [6, 6.07) is 4.91. The van der Waals surface area contributed by atoms with Crippen molar-refractivity contribution in [2.75, 3.05) is 5.32 Å². The lowest BCUT2D eigenvalue weighted by atomic mass is 9.89. The lowest BCUT2D eigenvalue weighted by molar-refractivity contribution is -0.119. The Morgan fingerprint density at radius 1 is 1.42 bits per heavy atom. The van der Waals surface area contributed by atoms with Crippen molar-refractivity contribution >= 4 is 22.4 Å². The van der Waals surface area contributed by atoms with Crippen LogP contribution in [0.4, 0.5) is 5.69 Å². The van der Waals surface area contributed by atoms with Gasteiger partial charge in [-0.2, -0.15) is 0 Å². The molecule has 3 N–H and O–H groups in total. The molecule has 2 rings (SSSR count). The van der Waals surface area contributed by atoms with Crippen molar-refractivity contribution in [3.63, 3.8) is 0 Å². The maximum Gasteiger partial charge on any atom is 0.366 e. The number of fused-ring (bicyclic) bond motifs is 1. The summed E-state index contributed by atoms with van der Waals surface area (Å²) in [5.74, 6) is 5.37. The van der Waals surface area contributed by atoms with Crippen molar-refractivity contribution in [2.45, 2.75) is 39.7 Å². The Balaban J connectivity index is 2.37. The van der Waals surface area contributed by atoms with Crippen molar-refractivity contribution < 1.29 is 9.32 Å². The Hall–Kier alpha value is -2.65. The van der Waals surface area contributed by atoms with E-state index in [0.717, 1.165) is 0 Å². The highest BCUT2D eigenvalue weighted by Gasteiger charge is 2.33. The van der Waals surface area contributed by atoms with E-state index < -0.39 is 11.2 Å². The number of nitrogens with one attached hydrogen (secondary N) is 1. The SMILES string of the molecule is CC#CC(N)(CC(C)C)C(=O)Nc1ccc2c(=O)onc(C)c2c1. The molecule has 1 unspecified atom stereocenters. The first kappa shape index (κ1) is 17.7. The second-order valence-corrected chi connectivity index (χ2v) is 6.21. The van der Waals surface area contributed by atoms with Crippen LogP contribution in [0.5, 0.6) is 0 Å². The Labute approximate surface area is 140 Å². The van der Waals surface area contributed by atoms with Crippen molar-refractivity contribution in [3.8, 4) is 11.8 Å². The van der Waals surface area contributed by atoms with Crippen LogP contribution in [-0.2, 0) is 4.79 Å². The van der Waals surface area contributed by atoms with E-state index in [1.807, 2.05) is 13.8 Å². The van der Waals surface area contributed by atoms with E-state index in [9.17, 15) is 9.59 Å². The number of hydrogen-bond donors (Lipinski definition) is 2. The molecule has 6 nitrogen and oxygen atoms in total. The van der Waals surface area contributed by atoms with E-state index in [2.05, 4.69) is 22.3 Å². The van der Waals surface area contributed by atoms with Gasteiger partial charge in [-0.1, -0.05) is 24.9 Å². The average Bonchev–Trinajstić information content (AvgIpc) is 2.50. The molecule has 0 spiro atoms. The highest BCUT2D eigenvalue weighted by Crippen LogP contribution is 2.21. The molecule has 0 aliphatic rings. The summed E-state index contributed by atoms with van der Waals surface area (Å²) >= 11 is 0. The zero-order valence-corrected chi connectivity index (χ0v) is 14.3. The number of aryl methyl sites for hydroxylation is 1. The van der Waals surface area contributed by atoms with Crippen LogP contribution in [0.1, 0.15) is 32.9 Å². The first-order valence-corrected chi connectivity index (χ1v) is 7.71. The number of hydrogen-bond acceptors (Lipinski definition) is 5. The topological polar surface area (TPSA) is 98.2 Å². The van der Waals surface area contributed by atoms with Gasteiger partial charge in [0.2, 0.25) is 0 Å². The molecule has 0 saturated heterocycles. The molecular weight excluding hydrogens is 306 g/mol. The van der Waals surface area contributed by atoms with Gasteiger partial charge in [-0.3, -0.25) is 4.79 Å². The molecule has 1 aromatic heterocycles. The minimum absolute atomic E-state index is 0.217. The third-order valence-electron chi connectivity index (χ3n) is 3.64. The Kier molecular flexibility index (Phi) is 5.05. The van der Waals surface area contributed by atoms with Crippen LogP contribution in [0.25, 0.3) is 10.8 Å². The van der Waals surface area contributed by atoms with Gasteiger partial charge in [0.05, 0.1) is 11.1 Å². The van der Waals surface area contributed by atoms with E-state index >= 15 is 0 Å². The number of nitrogens with two attached hydrogens (primary N) is 1. The smallest absolute Gasteiger partial charge is 0.324 e. The number of anilines is 1.